The summed E-state index contributed by atoms with van der Waals surface area (Å²) < 4.78 is 16.2. The fourth-order valence-electron chi connectivity index (χ4n) is 3.28. The van der Waals surface area contributed by atoms with Crippen LogP contribution in [0.5, 0.6) is 11.5 Å². The summed E-state index contributed by atoms with van der Waals surface area (Å²) in [6.07, 6.45) is 2.52. The second-order valence-corrected chi connectivity index (χ2v) is 7.35. The SMILES string of the molecule is COc1cc(OC)c(Cl)c(-c2cc3cnc(N)cc3c([N-]C3CCOC3)n2)c1Cl. The van der Waals surface area contributed by atoms with E-state index in [2.05, 4.69) is 4.98 Å². The summed E-state index contributed by atoms with van der Waals surface area (Å²) in [5, 5.41) is 7.08. The minimum absolute atomic E-state index is 0.0288. The normalized spacial score (nSPS) is 16.2. The smallest absolute Gasteiger partial charge is 0.141 e. The maximum absolute atomic E-state index is 6.59. The van der Waals surface area contributed by atoms with Crippen molar-refractivity contribution in [2.45, 2.75) is 12.5 Å². The highest BCUT2D eigenvalue weighted by molar-refractivity contribution is 6.41. The van der Waals surface area contributed by atoms with E-state index in [1.807, 2.05) is 6.07 Å². The Morgan fingerprint density at radius 1 is 1.14 bits per heavy atom. The lowest BCUT2D eigenvalue weighted by Gasteiger charge is -2.25. The molecule has 0 radical (unpaired) electrons. The standard InChI is InChI=1S/C20H19Cl2N4O3/c1-27-14-7-15(28-2)19(22)17(18(14)21)13-5-10-8-24-16(23)6-12(10)20(26-13)25-11-3-4-29-9-11/h5-8,11H,3-4,9H2,1-2H3,(H2-,23,24,25,26)/q-1. The van der Waals surface area contributed by atoms with E-state index in [4.69, 9.17) is 53.4 Å². The van der Waals surface area contributed by atoms with Gasteiger partial charge in [-0.2, -0.15) is 0 Å². The minimum atomic E-state index is 0.0288. The third-order valence-corrected chi connectivity index (χ3v) is 5.51. The lowest BCUT2D eigenvalue weighted by atomic mass is 10.1. The second-order valence-electron chi connectivity index (χ2n) is 6.59. The molecule has 7 nitrogen and oxygen atoms in total. The second kappa shape index (κ2) is 8.10. The number of benzene rings is 1. The third-order valence-electron chi connectivity index (χ3n) is 4.76. The van der Waals surface area contributed by atoms with Gasteiger partial charge in [-0.3, -0.25) is 0 Å². The van der Waals surface area contributed by atoms with E-state index in [9.17, 15) is 0 Å². The number of pyridine rings is 2. The number of hydrogen-bond acceptors (Lipinski definition) is 6. The van der Waals surface area contributed by atoms with Crippen LogP contribution in [0.3, 0.4) is 0 Å². The van der Waals surface area contributed by atoms with Crippen LogP contribution >= 0.6 is 23.2 Å². The summed E-state index contributed by atoms with van der Waals surface area (Å²) in [4.78, 5) is 8.96. The number of nitrogens with zero attached hydrogens (tertiary/aromatic N) is 3. The molecule has 0 amide bonds. The largest absolute Gasteiger partial charge is 0.495 e. The first-order valence-electron chi connectivity index (χ1n) is 8.97. The number of methoxy groups -OCH3 is 2. The average Bonchev–Trinajstić information content (AvgIpc) is 3.22. The van der Waals surface area contributed by atoms with Gasteiger partial charge in [0.25, 0.3) is 0 Å². The molecule has 1 aliphatic heterocycles. The maximum Gasteiger partial charge on any atom is 0.141 e. The van der Waals surface area contributed by atoms with Gasteiger partial charge in [0, 0.05) is 36.4 Å². The zero-order chi connectivity index (χ0) is 20.5. The van der Waals surface area contributed by atoms with Crippen molar-refractivity contribution in [2.75, 3.05) is 33.2 Å². The number of aromatic nitrogens is 2. The third kappa shape index (κ3) is 3.73. The summed E-state index contributed by atoms with van der Waals surface area (Å²) in [6.45, 7) is 1.24. The van der Waals surface area contributed by atoms with Crippen molar-refractivity contribution < 1.29 is 14.2 Å². The molecule has 0 spiro atoms. The number of nitrogens with two attached hydrogens (primary N) is 1. The molecule has 4 rings (SSSR count). The van der Waals surface area contributed by atoms with Gasteiger partial charge in [-0.1, -0.05) is 29.0 Å². The number of fused-ring (bicyclic) bond motifs is 1. The topological polar surface area (TPSA) is 93.6 Å². The summed E-state index contributed by atoms with van der Waals surface area (Å²) in [5.41, 5.74) is 6.93. The van der Waals surface area contributed by atoms with E-state index >= 15 is 0 Å². The predicted molar refractivity (Wildman–Crippen MR) is 115 cm³/mol. The lowest BCUT2D eigenvalue weighted by Crippen LogP contribution is -2.04. The van der Waals surface area contributed by atoms with Gasteiger partial charge in [-0.15, -0.1) is 0 Å². The van der Waals surface area contributed by atoms with Crippen molar-refractivity contribution in [3.8, 4) is 22.8 Å². The zero-order valence-electron chi connectivity index (χ0n) is 15.9. The molecule has 1 unspecified atom stereocenters. The van der Waals surface area contributed by atoms with E-state index < -0.39 is 0 Å². The summed E-state index contributed by atoms with van der Waals surface area (Å²) in [5.74, 6) is 1.80. The highest BCUT2D eigenvalue weighted by Gasteiger charge is 2.19. The number of halogens is 2. The molecule has 3 aromatic rings. The Hall–Kier alpha value is -2.48. The first-order valence-corrected chi connectivity index (χ1v) is 9.72. The molecular weight excluding hydrogens is 415 g/mol. The van der Waals surface area contributed by atoms with Crippen LogP contribution in [0.25, 0.3) is 27.3 Å². The quantitative estimate of drug-likeness (QED) is 0.608. The van der Waals surface area contributed by atoms with Gasteiger partial charge < -0.3 is 30.2 Å². The molecule has 1 aromatic carbocycles. The van der Waals surface area contributed by atoms with Crippen LogP contribution in [0.2, 0.25) is 10.0 Å². The Morgan fingerprint density at radius 3 is 2.48 bits per heavy atom. The fourth-order valence-corrected chi connectivity index (χ4v) is 3.97. The first-order chi connectivity index (χ1) is 14.0. The van der Waals surface area contributed by atoms with E-state index in [-0.39, 0.29) is 6.04 Å². The Morgan fingerprint density at radius 2 is 1.86 bits per heavy atom. The molecule has 152 valence electrons. The van der Waals surface area contributed by atoms with Crippen LogP contribution in [0, 0.1) is 0 Å². The molecule has 1 saturated heterocycles. The molecule has 29 heavy (non-hydrogen) atoms. The average molecular weight is 434 g/mol. The van der Waals surface area contributed by atoms with Crippen LogP contribution in [-0.4, -0.2) is 43.4 Å². The minimum Gasteiger partial charge on any atom is -0.495 e. The Kier molecular flexibility index (Phi) is 5.54. The van der Waals surface area contributed by atoms with Crippen molar-refractivity contribution in [2.24, 2.45) is 0 Å². The van der Waals surface area contributed by atoms with Gasteiger partial charge in [-0.05, 0) is 35.7 Å². The van der Waals surface area contributed by atoms with E-state index in [1.165, 1.54) is 14.2 Å². The molecular formula is C20H19Cl2N4O3-. The van der Waals surface area contributed by atoms with Crippen LogP contribution in [0.4, 0.5) is 11.6 Å². The highest BCUT2D eigenvalue weighted by Crippen LogP contribution is 2.47. The van der Waals surface area contributed by atoms with Gasteiger partial charge in [0.15, 0.2) is 0 Å². The maximum atomic E-state index is 6.59. The van der Waals surface area contributed by atoms with E-state index in [1.54, 1.807) is 18.3 Å². The van der Waals surface area contributed by atoms with Gasteiger partial charge in [0.2, 0.25) is 0 Å². The lowest BCUT2D eigenvalue weighted by molar-refractivity contribution is 0.196. The van der Waals surface area contributed by atoms with Crippen molar-refractivity contribution in [3.05, 3.63) is 39.8 Å². The van der Waals surface area contributed by atoms with E-state index in [0.29, 0.717) is 57.7 Å². The zero-order valence-corrected chi connectivity index (χ0v) is 17.4. The van der Waals surface area contributed by atoms with Crippen LogP contribution in [0.15, 0.2) is 24.4 Å². The summed E-state index contributed by atoms with van der Waals surface area (Å²) in [7, 11) is 3.05. The molecule has 1 aliphatic rings. The number of rotatable bonds is 5. The number of ether oxygens (including phenoxy) is 3. The first kappa shape index (κ1) is 19.8. The summed E-state index contributed by atoms with van der Waals surface area (Å²) in [6, 6.07) is 5.27. The van der Waals surface area contributed by atoms with Crippen molar-refractivity contribution in [1.82, 2.24) is 9.97 Å². The van der Waals surface area contributed by atoms with Crippen molar-refractivity contribution in [3.63, 3.8) is 0 Å². The van der Waals surface area contributed by atoms with Crippen LogP contribution in [0.1, 0.15) is 6.42 Å². The molecule has 1 atom stereocenters. The Labute approximate surface area is 178 Å². The molecule has 2 aromatic heterocycles. The van der Waals surface area contributed by atoms with E-state index in [0.717, 1.165) is 17.2 Å². The van der Waals surface area contributed by atoms with Crippen molar-refractivity contribution >= 4 is 45.6 Å². The molecule has 0 saturated carbocycles. The monoisotopic (exact) mass is 433 g/mol. The van der Waals surface area contributed by atoms with Gasteiger partial charge >= 0.3 is 0 Å². The number of hydrogen-bond donors (Lipinski definition) is 1. The fraction of sp³-hybridized carbons (Fsp3) is 0.300. The van der Waals surface area contributed by atoms with Crippen LogP contribution in [-0.2, 0) is 4.74 Å². The number of anilines is 1. The molecule has 0 aliphatic carbocycles. The van der Waals surface area contributed by atoms with Crippen molar-refractivity contribution in [1.29, 1.82) is 0 Å². The Bertz CT molecular complexity index is 1040. The Balaban J connectivity index is 1.94. The molecule has 2 N–H and O–H groups in total. The van der Waals surface area contributed by atoms with Crippen LogP contribution < -0.4 is 15.2 Å². The van der Waals surface area contributed by atoms with Gasteiger partial charge in [0.05, 0.1) is 24.3 Å². The highest BCUT2D eigenvalue weighted by atomic mass is 35.5. The molecule has 9 heteroatoms. The number of nitrogen functional groups attached to an aromatic ring is 1. The molecule has 0 bridgehead atoms. The molecule has 3 heterocycles. The predicted octanol–water partition coefficient (Wildman–Crippen LogP) is 5.00. The van der Waals surface area contributed by atoms with Gasteiger partial charge in [-0.25, -0.2) is 4.98 Å². The summed E-state index contributed by atoms with van der Waals surface area (Å²) >= 11 is 13.2. The van der Waals surface area contributed by atoms with Gasteiger partial charge in [0.1, 0.15) is 17.3 Å². The molecule has 1 fully saturated rings.